The van der Waals surface area contributed by atoms with Crippen molar-refractivity contribution in [3.8, 4) is 0 Å². The maximum atomic E-state index is 12.7. The number of benzene rings is 2. The van der Waals surface area contributed by atoms with Crippen molar-refractivity contribution in [3.05, 3.63) is 42.0 Å². The Morgan fingerprint density at radius 3 is 2.50 bits per heavy atom. The molecule has 0 saturated heterocycles. The lowest BCUT2D eigenvalue weighted by Gasteiger charge is -2.12. The molecule has 0 saturated carbocycles. The number of aryl methyl sites for hydroxylation is 1. The van der Waals surface area contributed by atoms with Crippen molar-refractivity contribution in [2.75, 3.05) is 11.0 Å². The lowest BCUT2D eigenvalue weighted by molar-refractivity contribution is 0.599. The second-order valence-electron chi connectivity index (χ2n) is 5.24. The van der Waals surface area contributed by atoms with E-state index in [1.165, 1.54) is 18.2 Å². The van der Waals surface area contributed by atoms with Crippen LogP contribution in [0, 0.1) is 6.92 Å². The number of nitrogens with zero attached hydrogens (tertiary/aromatic N) is 2. The molecule has 2 aromatic carbocycles. The predicted octanol–water partition coefficient (Wildman–Crippen LogP) is 2.20. The van der Waals surface area contributed by atoms with E-state index >= 15 is 0 Å². The summed E-state index contributed by atoms with van der Waals surface area (Å²) in [6.45, 7) is 1.69. The zero-order chi connectivity index (χ0) is 17.5. The number of aromatic nitrogens is 2. The third-order valence-corrected chi connectivity index (χ3v) is 6.47. The van der Waals surface area contributed by atoms with Crippen molar-refractivity contribution < 1.29 is 16.8 Å². The van der Waals surface area contributed by atoms with Crippen LogP contribution < -0.4 is 4.72 Å². The summed E-state index contributed by atoms with van der Waals surface area (Å²) in [7, 11) is -7.38. The summed E-state index contributed by atoms with van der Waals surface area (Å²) in [5, 5.41) is 0. The van der Waals surface area contributed by atoms with E-state index in [4.69, 9.17) is 0 Å². The fraction of sp³-hybridized carbons (Fsp3) is 0.143. The molecule has 1 aromatic heterocycles. The molecule has 0 bridgehead atoms. The van der Waals surface area contributed by atoms with Crippen LogP contribution in [0.5, 0.6) is 0 Å². The predicted molar refractivity (Wildman–Crippen MR) is 92.5 cm³/mol. The van der Waals surface area contributed by atoms with Gasteiger partial charge >= 0.3 is 0 Å². The van der Waals surface area contributed by atoms with Gasteiger partial charge in [-0.3, -0.25) is 4.72 Å². The van der Waals surface area contributed by atoms with Gasteiger partial charge in [-0.25, -0.2) is 16.8 Å². The van der Waals surface area contributed by atoms with Crippen LogP contribution in [0.4, 0.5) is 5.69 Å². The number of fused-ring (bicyclic) bond motifs is 1. The molecule has 3 aromatic rings. The number of sulfonamides is 1. The van der Waals surface area contributed by atoms with Crippen LogP contribution in [-0.2, 0) is 19.9 Å². The Bertz CT molecular complexity index is 1140. The number of sulfone groups is 1. The summed E-state index contributed by atoms with van der Waals surface area (Å²) in [5.74, 6) is 0. The smallest absolute Gasteiger partial charge is 0.264 e. The van der Waals surface area contributed by atoms with Gasteiger partial charge in [0.15, 0.2) is 9.84 Å². The summed E-state index contributed by atoms with van der Waals surface area (Å²) in [6.07, 6.45) is 1.07. The van der Waals surface area contributed by atoms with E-state index < -0.39 is 19.9 Å². The van der Waals surface area contributed by atoms with Crippen molar-refractivity contribution in [1.82, 2.24) is 8.75 Å². The number of nitrogens with one attached hydrogen (secondary N) is 1. The quantitative estimate of drug-likeness (QED) is 0.740. The fourth-order valence-corrected chi connectivity index (χ4v) is 4.68. The van der Waals surface area contributed by atoms with Crippen LogP contribution in [-0.4, -0.2) is 31.8 Å². The molecule has 0 amide bonds. The van der Waals surface area contributed by atoms with Gasteiger partial charge in [0.25, 0.3) is 10.0 Å². The Morgan fingerprint density at radius 2 is 1.79 bits per heavy atom. The minimum atomic E-state index is -3.94. The molecule has 24 heavy (non-hydrogen) atoms. The van der Waals surface area contributed by atoms with Gasteiger partial charge in [0.2, 0.25) is 0 Å². The number of rotatable bonds is 4. The minimum Gasteiger partial charge on any atom is -0.279 e. The Morgan fingerprint density at radius 1 is 1.04 bits per heavy atom. The molecule has 3 rings (SSSR count). The highest BCUT2D eigenvalue weighted by Crippen LogP contribution is 2.26. The molecular weight excluding hydrogens is 370 g/mol. The molecule has 0 spiro atoms. The van der Waals surface area contributed by atoms with Gasteiger partial charge < -0.3 is 0 Å². The monoisotopic (exact) mass is 383 g/mol. The lowest BCUT2D eigenvalue weighted by atomic mass is 10.2. The summed E-state index contributed by atoms with van der Waals surface area (Å²) >= 11 is 0.927. The largest absolute Gasteiger partial charge is 0.279 e. The molecule has 0 fully saturated rings. The van der Waals surface area contributed by atoms with Crippen molar-refractivity contribution >= 4 is 48.3 Å². The molecule has 1 heterocycles. The molecule has 0 aliphatic rings. The van der Waals surface area contributed by atoms with Crippen molar-refractivity contribution in [2.24, 2.45) is 0 Å². The highest BCUT2D eigenvalue weighted by molar-refractivity contribution is 7.93. The van der Waals surface area contributed by atoms with Crippen LogP contribution >= 0.6 is 11.7 Å². The average Bonchev–Trinajstić information content (AvgIpc) is 2.96. The first-order valence-electron chi connectivity index (χ1n) is 6.73. The van der Waals surface area contributed by atoms with E-state index in [1.54, 1.807) is 25.1 Å². The summed E-state index contributed by atoms with van der Waals surface area (Å²) in [6, 6.07) is 8.99. The van der Waals surface area contributed by atoms with Gasteiger partial charge in [0.05, 0.1) is 22.3 Å². The fourth-order valence-electron chi connectivity index (χ4n) is 2.14. The third-order valence-electron chi connectivity index (χ3n) is 3.42. The van der Waals surface area contributed by atoms with Crippen molar-refractivity contribution in [2.45, 2.75) is 16.7 Å². The molecule has 10 heteroatoms. The summed E-state index contributed by atoms with van der Waals surface area (Å²) in [5.41, 5.74) is 1.59. The van der Waals surface area contributed by atoms with E-state index in [0.29, 0.717) is 11.1 Å². The highest BCUT2D eigenvalue weighted by Gasteiger charge is 2.21. The van der Waals surface area contributed by atoms with Crippen LogP contribution in [0.1, 0.15) is 5.56 Å². The Kier molecular flexibility index (Phi) is 4.06. The Hall–Kier alpha value is -2.04. The molecule has 1 N–H and O–H groups in total. The SMILES string of the molecule is Cc1ccc(S(C)(=O)=O)cc1NS(=O)(=O)c1cccc2nsnc12. The first-order valence-corrected chi connectivity index (χ1v) is 10.8. The number of anilines is 1. The molecule has 126 valence electrons. The molecule has 0 aliphatic carbocycles. The van der Waals surface area contributed by atoms with Gasteiger partial charge in [-0.15, -0.1) is 0 Å². The van der Waals surface area contributed by atoms with Gasteiger partial charge in [-0.2, -0.15) is 8.75 Å². The molecule has 0 radical (unpaired) electrons. The average molecular weight is 383 g/mol. The summed E-state index contributed by atoms with van der Waals surface area (Å²) in [4.78, 5) is 0.0391. The van der Waals surface area contributed by atoms with Gasteiger partial charge in [-0.1, -0.05) is 12.1 Å². The Balaban J connectivity index is 2.09. The number of hydrogen-bond donors (Lipinski definition) is 1. The van der Waals surface area contributed by atoms with Crippen molar-refractivity contribution in [1.29, 1.82) is 0 Å². The van der Waals surface area contributed by atoms with E-state index in [1.807, 2.05) is 0 Å². The van der Waals surface area contributed by atoms with Crippen LogP contribution in [0.2, 0.25) is 0 Å². The zero-order valence-corrected chi connectivity index (χ0v) is 15.2. The van der Waals surface area contributed by atoms with E-state index in [2.05, 4.69) is 13.5 Å². The van der Waals surface area contributed by atoms with E-state index in [-0.39, 0.29) is 21.0 Å². The van der Waals surface area contributed by atoms with Crippen LogP contribution in [0.25, 0.3) is 11.0 Å². The molecule has 0 unspecified atom stereocenters. The second kappa shape index (κ2) is 5.80. The second-order valence-corrected chi connectivity index (χ2v) is 9.44. The highest BCUT2D eigenvalue weighted by atomic mass is 32.2. The molecule has 0 atom stereocenters. The van der Waals surface area contributed by atoms with Gasteiger partial charge in [0.1, 0.15) is 15.9 Å². The minimum absolute atomic E-state index is 0.00194. The maximum absolute atomic E-state index is 12.7. The lowest BCUT2D eigenvalue weighted by Crippen LogP contribution is -2.14. The molecular formula is C14H13N3O4S3. The Labute approximate surface area is 143 Å². The molecule has 0 aliphatic heterocycles. The zero-order valence-electron chi connectivity index (χ0n) is 12.7. The van der Waals surface area contributed by atoms with Gasteiger partial charge in [-0.05, 0) is 36.8 Å². The van der Waals surface area contributed by atoms with E-state index in [0.717, 1.165) is 18.0 Å². The van der Waals surface area contributed by atoms with Crippen LogP contribution in [0.3, 0.4) is 0 Å². The maximum Gasteiger partial charge on any atom is 0.264 e. The first-order chi connectivity index (χ1) is 11.2. The molecule has 7 nitrogen and oxygen atoms in total. The first kappa shape index (κ1) is 16.8. The topological polar surface area (TPSA) is 106 Å². The number of hydrogen-bond acceptors (Lipinski definition) is 7. The summed E-state index contributed by atoms with van der Waals surface area (Å²) < 4.78 is 59.2. The normalized spacial score (nSPS) is 12.4. The van der Waals surface area contributed by atoms with Crippen molar-refractivity contribution in [3.63, 3.8) is 0 Å². The third kappa shape index (κ3) is 3.12. The standard InChI is InChI=1S/C14H13N3O4S3/c1-9-6-7-10(23(2,18)19)8-12(9)17-24(20,21)13-5-3-4-11-14(13)16-22-15-11/h3-8,17H,1-2H3. The van der Waals surface area contributed by atoms with Gasteiger partial charge in [0, 0.05) is 6.26 Å². The van der Waals surface area contributed by atoms with Crippen LogP contribution in [0.15, 0.2) is 46.2 Å². The van der Waals surface area contributed by atoms with E-state index in [9.17, 15) is 16.8 Å².